The molecule has 32 valence electrons. The summed E-state index contributed by atoms with van der Waals surface area (Å²) in [5.74, 6) is 0. The van der Waals surface area contributed by atoms with Crippen molar-refractivity contribution >= 4 is 113 Å². The van der Waals surface area contributed by atoms with Crippen LogP contribution < -0.4 is 0 Å². The molecule has 0 amide bonds. The van der Waals surface area contributed by atoms with E-state index in [1.165, 1.54) is 0 Å². The fourth-order valence-corrected chi connectivity index (χ4v) is 0. The Hall–Kier alpha value is 3.66. The summed E-state index contributed by atoms with van der Waals surface area (Å²) in [4.78, 5) is 0. The van der Waals surface area contributed by atoms with E-state index in [1.54, 1.807) is 0 Å². The number of rotatable bonds is 0. The SMILES string of the molecule is OOO.[CaH2].[CaH2].[CaH2]. The van der Waals surface area contributed by atoms with Gasteiger partial charge in [-0.1, -0.05) is 5.04 Å². The van der Waals surface area contributed by atoms with E-state index in [0.29, 0.717) is 0 Å². The van der Waals surface area contributed by atoms with Crippen molar-refractivity contribution in [3.05, 3.63) is 0 Å². The molecule has 0 aliphatic carbocycles. The molecule has 0 radical (unpaired) electrons. The summed E-state index contributed by atoms with van der Waals surface area (Å²) < 4.78 is 0. The van der Waals surface area contributed by atoms with Crippen molar-refractivity contribution in [1.82, 2.24) is 0 Å². The molecule has 0 unspecified atom stereocenters. The molecule has 0 fully saturated rings. The molecule has 6 heteroatoms. The molecule has 0 atom stereocenters. The molecule has 0 heterocycles. The molecular weight excluding hydrogens is 168 g/mol. The van der Waals surface area contributed by atoms with E-state index >= 15 is 0 Å². The molecule has 6 heavy (non-hydrogen) atoms. The molecular formula is H8Ca3O3. The predicted octanol–water partition coefficient (Wildman–Crippen LogP) is -2.80. The van der Waals surface area contributed by atoms with Crippen molar-refractivity contribution < 1.29 is 15.6 Å². The molecule has 0 aromatic carbocycles. The molecule has 0 aliphatic heterocycles. The van der Waals surface area contributed by atoms with Crippen LogP contribution >= 0.6 is 0 Å². The van der Waals surface area contributed by atoms with Crippen molar-refractivity contribution in [2.24, 2.45) is 0 Å². The van der Waals surface area contributed by atoms with Crippen LogP contribution in [-0.2, 0) is 5.04 Å². The Kier molecular flexibility index (Phi) is 88.2. The van der Waals surface area contributed by atoms with Gasteiger partial charge in [-0.25, -0.2) is 10.5 Å². The van der Waals surface area contributed by atoms with Crippen LogP contribution in [0.4, 0.5) is 0 Å². The minimum atomic E-state index is 0. The zero-order valence-electron chi connectivity index (χ0n) is 1.30. The Morgan fingerprint density at radius 1 is 0.833 bits per heavy atom. The van der Waals surface area contributed by atoms with Gasteiger partial charge in [0, 0.05) is 0 Å². The molecule has 0 saturated heterocycles. The number of hydrogen-bond donors (Lipinski definition) is 2. The van der Waals surface area contributed by atoms with Crippen molar-refractivity contribution in [3.63, 3.8) is 0 Å². The van der Waals surface area contributed by atoms with E-state index in [4.69, 9.17) is 10.5 Å². The Morgan fingerprint density at radius 3 is 0.833 bits per heavy atom. The van der Waals surface area contributed by atoms with Gasteiger partial charge in [0.05, 0.1) is 0 Å². The van der Waals surface area contributed by atoms with E-state index in [-0.39, 0.29) is 113 Å². The first-order valence-corrected chi connectivity index (χ1v) is 0.365. The summed E-state index contributed by atoms with van der Waals surface area (Å²) in [6.07, 6.45) is 0. The van der Waals surface area contributed by atoms with Gasteiger partial charge in [-0.3, -0.25) is 0 Å². The van der Waals surface area contributed by atoms with Crippen LogP contribution in [0.25, 0.3) is 0 Å². The molecule has 0 aromatic heterocycles. The topological polar surface area (TPSA) is 49.7 Å². The number of hydrogen-bond acceptors (Lipinski definition) is 3. The van der Waals surface area contributed by atoms with E-state index in [9.17, 15) is 0 Å². The first-order valence-electron chi connectivity index (χ1n) is 0.365. The van der Waals surface area contributed by atoms with Crippen LogP contribution in [-0.4, -0.2) is 124 Å². The first-order chi connectivity index (χ1) is 1.41. The van der Waals surface area contributed by atoms with Crippen molar-refractivity contribution in [2.75, 3.05) is 0 Å². The first kappa shape index (κ1) is 22.6. The maximum atomic E-state index is 6.62. The Bertz CT molecular complexity index is 6.00. The fraction of sp³-hybridized carbons (Fsp3) is 0. The van der Waals surface area contributed by atoms with Gasteiger partial charge in [-0.2, -0.15) is 0 Å². The van der Waals surface area contributed by atoms with E-state index in [2.05, 4.69) is 5.04 Å². The molecule has 0 aliphatic rings. The van der Waals surface area contributed by atoms with Crippen molar-refractivity contribution in [2.45, 2.75) is 0 Å². The normalized spacial score (nSPS) is 3.00. The van der Waals surface area contributed by atoms with Gasteiger partial charge in [0.1, 0.15) is 0 Å². The summed E-state index contributed by atoms with van der Waals surface area (Å²) in [6, 6.07) is 0. The molecule has 0 saturated carbocycles. The van der Waals surface area contributed by atoms with Crippen LogP contribution in [0.5, 0.6) is 0 Å². The third-order valence-corrected chi connectivity index (χ3v) is 0. The van der Waals surface area contributed by atoms with Crippen LogP contribution in [0, 0.1) is 0 Å². The van der Waals surface area contributed by atoms with Gasteiger partial charge in [0.15, 0.2) is 0 Å². The molecule has 3 nitrogen and oxygen atoms in total. The van der Waals surface area contributed by atoms with Gasteiger partial charge >= 0.3 is 113 Å². The maximum absolute atomic E-state index is 6.62. The van der Waals surface area contributed by atoms with Gasteiger partial charge in [0.2, 0.25) is 0 Å². The van der Waals surface area contributed by atoms with Crippen molar-refractivity contribution in [3.8, 4) is 0 Å². The monoisotopic (exact) mass is 176 g/mol. The molecule has 0 aromatic rings. The van der Waals surface area contributed by atoms with Gasteiger partial charge in [-0.15, -0.1) is 0 Å². The molecule has 2 N–H and O–H groups in total. The van der Waals surface area contributed by atoms with E-state index < -0.39 is 0 Å². The summed E-state index contributed by atoms with van der Waals surface area (Å²) in [6.45, 7) is 0. The van der Waals surface area contributed by atoms with E-state index in [1.807, 2.05) is 0 Å². The average molecular weight is 176 g/mol. The second-order valence-electron chi connectivity index (χ2n) is 0.0816. The van der Waals surface area contributed by atoms with Crippen LogP contribution in [0.15, 0.2) is 0 Å². The third-order valence-electron chi connectivity index (χ3n) is 0. The van der Waals surface area contributed by atoms with Crippen molar-refractivity contribution in [1.29, 1.82) is 0 Å². The second kappa shape index (κ2) is 23.4. The van der Waals surface area contributed by atoms with Crippen LogP contribution in [0.1, 0.15) is 0 Å². The molecule has 0 rings (SSSR count). The summed E-state index contributed by atoms with van der Waals surface area (Å²) in [5, 5.41) is 15.5. The summed E-state index contributed by atoms with van der Waals surface area (Å²) in [5.41, 5.74) is 0. The average Bonchev–Trinajstić information content (AvgIpc) is 0.918. The Labute approximate surface area is 125 Å². The third kappa shape index (κ3) is 25.4. The minimum absolute atomic E-state index is 0. The van der Waals surface area contributed by atoms with E-state index in [0.717, 1.165) is 0 Å². The molecule has 0 spiro atoms. The predicted molar refractivity (Wildman–Crippen MR) is 32.0 cm³/mol. The zero-order valence-corrected chi connectivity index (χ0v) is 1.30. The van der Waals surface area contributed by atoms with Gasteiger partial charge < -0.3 is 0 Å². The zero-order chi connectivity index (χ0) is 2.71. The Balaban J connectivity index is -0.00000000667. The quantitative estimate of drug-likeness (QED) is 0.238. The summed E-state index contributed by atoms with van der Waals surface area (Å²) in [7, 11) is 0. The standard InChI is InChI=1S/3Ca.H2O3.6H/c;;;1-3-2;;;;;;/h;;;1-2H;;;;;;. The summed E-state index contributed by atoms with van der Waals surface area (Å²) >= 11 is 0. The Morgan fingerprint density at radius 2 is 0.833 bits per heavy atom. The van der Waals surface area contributed by atoms with Crippen LogP contribution in [0.2, 0.25) is 0 Å². The fourth-order valence-electron chi connectivity index (χ4n) is 0. The second-order valence-corrected chi connectivity index (χ2v) is 0.0816. The van der Waals surface area contributed by atoms with Crippen LogP contribution in [0.3, 0.4) is 0 Å². The molecule has 0 bridgehead atoms. The van der Waals surface area contributed by atoms with Gasteiger partial charge in [0.25, 0.3) is 0 Å². The van der Waals surface area contributed by atoms with Gasteiger partial charge in [-0.05, 0) is 0 Å².